The Kier molecular flexibility index (Phi) is 5.02. The van der Waals surface area contributed by atoms with E-state index in [1.807, 2.05) is 0 Å². The van der Waals surface area contributed by atoms with Crippen molar-refractivity contribution in [3.8, 4) is 22.9 Å². The van der Waals surface area contributed by atoms with Crippen molar-refractivity contribution in [3.63, 3.8) is 0 Å². The third-order valence-electron chi connectivity index (χ3n) is 4.24. The Morgan fingerprint density at radius 3 is 2.46 bits per heavy atom. The summed E-state index contributed by atoms with van der Waals surface area (Å²) in [7, 11) is 4.07. The number of likely N-dealkylation sites (N-methyl/N-ethyl adjacent to an activating group) is 1. The zero-order valence-electron chi connectivity index (χ0n) is 15.2. The summed E-state index contributed by atoms with van der Waals surface area (Å²) in [6.45, 7) is -0.0418. The molecular formula is C17H17F3N4O4. The second kappa shape index (κ2) is 7.15. The Bertz CT molecular complexity index is 906. The third-order valence-corrected chi connectivity index (χ3v) is 4.24. The van der Waals surface area contributed by atoms with Crippen molar-refractivity contribution in [3.05, 3.63) is 30.0 Å². The lowest BCUT2D eigenvalue weighted by atomic mass is 10.0. The highest BCUT2D eigenvalue weighted by Crippen LogP contribution is 2.41. The van der Waals surface area contributed by atoms with Crippen LogP contribution in [-0.4, -0.2) is 60.0 Å². The second-order valence-corrected chi connectivity index (χ2v) is 6.01. The largest absolute Gasteiger partial charge is 0.481 e. The number of β-amino-alcohol motifs (C(OH)–C–C–N with tert-alkyl or cyclic N) is 1. The lowest BCUT2D eigenvalue weighted by molar-refractivity contribution is -0.137. The minimum Gasteiger partial charge on any atom is -0.481 e. The Morgan fingerprint density at radius 2 is 1.93 bits per heavy atom. The predicted octanol–water partition coefficient (Wildman–Crippen LogP) is 2.37. The summed E-state index contributed by atoms with van der Waals surface area (Å²) < 4.78 is 51.3. The van der Waals surface area contributed by atoms with E-state index in [2.05, 4.69) is 9.97 Å². The number of methoxy groups -OCH3 is 2. The number of ether oxygens (including phenoxy) is 2. The minimum absolute atomic E-state index is 0.0418. The number of aliphatic hydroxyl groups excluding tert-OH is 1. The summed E-state index contributed by atoms with van der Waals surface area (Å²) in [5.41, 5.74) is -1.27. The molecule has 0 spiro atoms. The highest BCUT2D eigenvalue weighted by molar-refractivity contribution is 5.94. The van der Waals surface area contributed by atoms with Crippen LogP contribution in [0.25, 0.3) is 11.1 Å². The Morgan fingerprint density at radius 1 is 1.21 bits per heavy atom. The van der Waals surface area contributed by atoms with Gasteiger partial charge in [0.15, 0.2) is 6.23 Å². The average molecular weight is 398 g/mol. The molecule has 2 aromatic heterocycles. The molecule has 1 fully saturated rings. The number of pyridine rings is 2. The zero-order valence-corrected chi connectivity index (χ0v) is 15.2. The monoisotopic (exact) mass is 398 g/mol. The first-order valence-corrected chi connectivity index (χ1v) is 8.06. The maximum Gasteiger partial charge on any atom is 0.417 e. The maximum atomic E-state index is 13.8. The molecular weight excluding hydrogens is 381 g/mol. The van der Waals surface area contributed by atoms with Crippen LogP contribution < -0.4 is 14.4 Å². The van der Waals surface area contributed by atoms with Gasteiger partial charge >= 0.3 is 12.2 Å². The highest BCUT2D eigenvalue weighted by Gasteiger charge is 2.40. The van der Waals surface area contributed by atoms with E-state index in [0.29, 0.717) is 0 Å². The van der Waals surface area contributed by atoms with Crippen molar-refractivity contribution in [1.29, 1.82) is 0 Å². The van der Waals surface area contributed by atoms with Crippen molar-refractivity contribution in [1.82, 2.24) is 14.9 Å². The number of carbonyl (C=O) groups is 1. The predicted molar refractivity (Wildman–Crippen MR) is 92.1 cm³/mol. The molecule has 8 nitrogen and oxygen atoms in total. The lowest BCUT2D eigenvalue weighted by Gasteiger charge is -2.21. The molecule has 0 aromatic carbocycles. The van der Waals surface area contributed by atoms with Gasteiger partial charge in [-0.05, 0) is 12.1 Å². The van der Waals surface area contributed by atoms with Crippen molar-refractivity contribution >= 4 is 11.8 Å². The lowest BCUT2D eigenvalue weighted by Crippen LogP contribution is -2.35. The van der Waals surface area contributed by atoms with Crippen molar-refractivity contribution in [2.75, 3.05) is 32.7 Å². The van der Waals surface area contributed by atoms with E-state index in [1.54, 1.807) is 0 Å². The van der Waals surface area contributed by atoms with Crippen LogP contribution >= 0.6 is 0 Å². The number of amides is 2. The second-order valence-electron chi connectivity index (χ2n) is 6.01. The molecule has 1 aliphatic heterocycles. The fourth-order valence-corrected chi connectivity index (χ4v) is 2.89. The number of carbonyl (C=O) groups excluding carboxylic acids is 1. The summed E-state index contributed by atoms with van der Waals surface area (Å²) in [6.07, 6.45) is -5.07. The fourth-order valence-electron chi connectivity index (χ4n) is 2.89. The Labute approximate surface area is 158 Å². The fraction of sp³-hybridized carbons (Fsp3) is 0.353. The first kappa shape index (κ1) is 19.7. The number of aliphatic hydroxyl groups is 1. The van der Waals surface area contributed by atoms with Crippen LogP contribution in [0.1, 0.15) is 5.56 Å². The summed E-state index contributed by atoms with van der Waals surface area (Å²) in [6, 6.07) is 2.85. The number of rotatable bonds is 4. The number of aromatic nitrogens is 2. The van der Waals surface area contributed by atoms with E-state index in [-0.39, 0.29) is 35.2 Å². The third kappa shape index (κ3) is 3.40. The van der Waals surface area contributed by atoms with E-state index in [4.69, 9.17) is 9.47 Å². The van der Waals surface area contributed by atoms with Gasteiger partial charge in [0, 0.05) is 30.4 Å². The molecule has 28 heavy (non-hydrogen) atoms. The van der Waals surface area contributed by atoms with Gasteiger partial charge in [0.05, 0.1) is 26.3 Å². The molecule has 3 heterocycles. The molecule has 3 rings (SSSR count). The quantitative estimate of drug-likeness (QED) is 0.851. The number of nitrogens with zero attached hydrogens (tertiary/aromatic N) is 4. The Hall–Kier alpha value is -3.08. The summed E-state index contributed by atoms with van der Waals surface area (Å²) >= 11 is 0. The van der Waals surface area contributed by atoms with Gasteiger partial charge in [-0.25, -0.2) is 14.7 Å². The van der Waals surface area contributed by atoms with E-state index in [9.17, 15) is 23.1 Å². The van der Waals surface area contributed by atoms with E-state index in [0.717, 1.165) is 17.2 Å². The molecule has 0 radical (unpaired) electrons. The number of urea groups is 1. The zero-order chi connectivity index (χ0) is 20.6. The molecule has 1 N–H and O–H groups in total. The van der Waals surface area contributed by atoms with Gasteiger partial charge in [-0.15, -0.1) is 0 Å². The highest BCUT2D eigenvalue weighted by atomic mass is 19.4. The number of anilines is 1. The molecule has 11 heteroatoms. The van der Waals surface area contributed by atoms with Crippen molar-refractivity contribution in [2.45, 2.75) is 12.4 Å². The molecule has 0 bridgehead atoms. The molecule has 1 saturated heterocycles. The molecule has 1 atom stereocenters. The van der Waals surface area contributed by atoms with Crippen LogP contribution in [0.5, 0.6) is 11.8 Å². The van der Waals surface area contributed by atoms with Crippen molar-refractivity contribution in [2.24, 2.45) is 0 Å². The van der Waals surface area contributed by atoms with Gasteiger partial charge in [-0.2, -0.15) is 18.2 Å². The molecule has 2 amide bonds. The van der Waals surface area contributed by atoms with Crippen LogP contribution in [0, 0.1) is 0 Å². The summed E-state index contributed by atoms with van der Waals surface area (Å²) in [4.78, 5) is 22.1. The first-order chi connectivity index (χ1) is 13.2. The average Bonchev–Trinajstić information content (AvgIpc) is 2.91. The van der Waals surface area contributed by atoms with Gasteiger partial charge in [0.1, 0.15) is 5.82 Å². The Balaban J connectivity index is 2.15. The molecule has 0 aliphatic carbocycles. The van der Waals surface area contributed by atoms with Crippen LogP contribution in [0.3, 0.4) is 0 Å². The SMILES string of the molecule is COc1ccc(-c2cnc(N3C(=O)N(C)CC3O)cc2C(F)(F)F)c(OC)n1. The standard InChI is InChI=1S/C17H17F3N4O4/c1-23-8-14(25)24(16(23)26)12-6-11(17(18,19)20)10(7-21-12)9-4-5-13(27-2)22-15(9)28-3/h4-7,14,25H,8H2,1-3H3. The first-order valence-electron chi connectivity index (χ1n) is 8.06. The minimum atomic E-state index is -4.75. The summed E-state index contributed by atoms with van der Waals surface area (Å²) in [5, 5.41) is 10.0. The molecule has 2 aromatic rings. The van der Waals surface area contributed by atoms with Gasteiger partial charge < -0.3 is 19.5 Å². The smallest absolute Gasteiger partial charge is 0.417 e. The maximum absolute atomic E-state index is 13.8. The normalized spacial score (nSPS) is 17.2. The molecule has 0 saturated carbocycles. The van der Waals surface area contributed by atoms with E-state index in [1.165, 1.54) is 38.3 Å². The van der Waals surface area contributed by atoms with Gasteiger partial charge in [-0.1, -0.05) is 0 Å². The van der Waals surface area contributed by atoms with Crippen LogP contribution in [-0.2, 0) is 6.18 Å². The number of alkyl halides is 3. The van der Waals surface area contributed by atoms with Gasteiger partial charge in [0.25, 0.3) is 0 Å². The van der Waals surface area contributed by atoms with Gasteiger partial charge in [0.2, 0.25) is 11.8 Å². The van der Waals surface area contributed by atoms with Crippen LogP contribution in [0.15, 0.2) is 24.4 Å². The molecule has 1 aliphatic rings. The van der Waals surface area contributed by atoms with Gasteiger partial charge in [-0.3, -0.25) is 0 Å². The van der Waals surface area contributed by atoms with E-state index < -0.39 is 24.0 Å². The molecule has 1 unspecified atom stereocenters. The summed E-state index contributed by atoms with van der Waals surface area (Å²) in [5.74, 6) is -0.206. The van der Waals surface area contributed by atoms with Crippen LogP contribution in [0.4, 0.5) is 23.8 Å². The van der Waals surface area contributed by atoms with Crippen molar-refractivity contribution < 1.29 is 32.5 Å². The molecule has 150 valence electrons. The number of hydrogen-bond donors (Lipinski definition) is 1. The topological polar surface area (TPSA) is 88.0 Å². The number of hydrogen-bond acceptors (Lipinski definition) is 6. The van der Waals surface area contributed by atoms with Crippen LogP contribution in [0.2, 0.25) is 0 Å². The van der Waals surface area contributed by atoms with E-state index >= 15 is 0 Å². The number of halogens is 3.